The topological polar surface area (TPSA) is 117 Å². The van der Waals surface area contributed by atoms with Crippen molar-refractivity contribution in [2.45, 2.75) is 23.0 Å². The summed E-state index contributed by atoms with van der Waals surface area (Å²) in [6.07, 6.45) is 0. The number of amides is 1. The fraction of sp³-hybridized carbons (Fsp3) is 0.190. The van der Waals surface area contributed by atoms with Gasteiger partial charge >= 0.3 is 0 Å². The Morgan fingerprint density at radius 2 is 1.68 bits per heavy atom. The molecule has 0 saturated heterocycles. The van der Waals surface area contributed by atoms with Crippen molar-refractivity contribution >= 4 is 15.7 Å². The summed E-state index contributed by atoms with van der Waals surface area (Å²) in [4.78, 5) is 24.4. The van der Waals surface area contributed by atoms with Crippen molar-refractivity contribution < 1.29 is 22.7 Å². The Morgan fingerprint density at radius 1 is 1.00 bits per heavy atom. The van der Waals surface area contributed by atoms with Gasteiger partial charge < -0.3 is 14.8 Å². The number of methoxy groups -OCH3 is 2. The third kappa shape index (κ3) is 5.28. The SMILES string of the molecule is COc1cccc(CNC(=O)Cn2nc(S(=O)(=O)c3cccc(OC)c3)ccc2=O)c1. The van der Waals surface area contributed by atoms with Crippen LogP contribution < -0.4 is 20.3 Å². The molecule has 3 rings (SSSR count). The Balaban J connectivity index is 1.77. The van der Waals surface area contributed by atoms with Gasteiger partial charge in [-0.15, -0.1) is 0 Å². The van der Waals surface area contributed by atoms with Gasteiger partial charge in [-0.25, -0.2) is 13.1 Å². The van der Waals surface area contributed by atoms with Gasteiger partial charge in [0.15, 0.2) is 5.03 Å². The maximum Gasteiger partial charge on any atom is 0.267 e. The van der Waals surface area contributed by atoms with E-state index in [0.29, 0.717) is 11.5 Å². The molecule has 0 radical (unpaired) electrons. The van der Waals surface area contributed by atoms with Gasteiger partial charge in [-0.2, -0.15) is 5.10 Å². The summed E-state index contributed by atoms with van der Waals surface area (Å²) >= 11 is 0. The number of hydrogen-bond acceptors (Lipinski definition) is 7. The summed E-state index contributed by atoms with van der Waals surface area (Å²) in [5.41, 5.74) is 0.212. The van der Waals surface area contributed by atoms with Gasteiger partial charge in [0, 0.05) is 12.6 Å². The highest BCUT2D eigenvalue weighted by molar-refractivity contribution is 7.91. The second-order valence-electron chi connectivity index (χ2n) is 6.48. The number of benzene rings is 2. The predicted molar refractivity (Wildman–Crippen MR) is 112 cm³/mol. The molecule has 0 aliphatic rings. The lowest BCUT2D eigenvalue weighted by atomic mass is 10.2. The minimum absolute atomic E-state index is 0.0352. The molecule has 0 aliphatic heterocycles. The van der Waals surface area contributed by atoms with Gasteiger partial charge in [0.05, 0.1) is 19.1 Å². The summed E-state index contributed by atoms with van der Waals surface area (Å²) in [5.74, 6) is 0.528. The molecule has 3 aromatic rings. The molecule has 0 spiro atoms. The lowest BCUT2D eigenvalue weighted by molar-refractivity contribution is -0.122. The molecule has 1 N–H and O–H groups in total. The number of sulfone groups is 1. The Labute approximate surface area is 179 Å². The van der Waals surface area contributed by atoms with E-state index in [1.165, 1.54) is 25.3 Å². The maximum absolute atomic E-state index is 12.9. The van der Waals surface area contributed by atoms with Gasteiger partial charge in [0.2, 0.25) is 15.7 Å². The molecule has 31 heavy (non-hydrogen) atoms. The zero-order valence-corrected chi connectivity index (χ0v) is 17.8. The molecule has 2 aromatic carbocycles. The third-order valence-corrected chi connectivity index (χ3v) is 6.03. The summed E-state index contributed by atoms with van der Waals surface area (Å²) in [7, 11) is -1.04. The van der Waals surface area contributed by atoms with Crippen molar-refractivity contribution in [1.82, 2.24) is 15.1 Å². The second kappa shape index (κ2) is 9.43. The highest BCUT2D eigenvalue weighted by atomic mass is 32.2. The molecule has 0 fully saturated rings. The number of carbonyl (C=O) groups is 1. The van der Waals surface area contributed by atoms with Crippen LogP contribution in [0.4, 0.5) is 0 Å². The molecule has 10 heteroatoms. The molecule has 0 atom stereocenters. The average molecular weight is 443 g/mol. The molecule has 1 aromatic heterocycles. The number of hydrogen-bond donors (Lipinski definition) is 1. The van der Waals surface area contributed by atoms with Crippen molar-refractivity contribution in [2.75, 3.05) is 14.2 Å². The smallest absolute Gasteiger partial charge is 0.267 e. The van der Waals surface area contributed by atoms with Gasteiger partial charge in [0.1, 0.15) is 18.0 Å². The Kier molecular flexibility index (Phi) is 6.71. The van der Waals surface area contributed by atoms with Crippen molar-refractivity contribution in [2.24, 2.45) is 0 Å². The Bertz CT molecular complexity index is 1250. The number of aromatic nitrogens is 2. The van der Waals surface area contributed by atoms with Crippen LogP contribution in [0.25, 0.3) is 0 Å². The fourth-order valence-corrected chi connectivity index (χ4v) is 3.97. The van der Waals surface area contributed by atoms with Crippen LogP contribution in [0.5, 0.6) is 11.5 Å². The van der Waals surface area contributed by atoms with E-state index in [9.17, 15) is 18.0 Å². The van der Waals surface area contributed by atoms with E-state index >= 15 is 0 Å². The van der Waals surface area contributed by atoms with Crippen molar-refractivity contribution in [3.63, 3.8) is 0 Å². The van der Waals surface area contributed by atoms with Crippen molar-refractivity contribution in [3.8, 4) is 11.5 Å². The van der Waals surface area contributed by atoms with Crippen molar-refractivity contribution in [3.05, 3.63) is 76.6 Å². The van der Waals surface area contributed by atoms with Gasteiger partial charge in [0.25, 0.3) is 5.56 Å². The zero-order chi connectivity index (χ0) is 22.4. The summed E-state index contributed by atoms with van der Waals surface area (Å²) < 4.78 is 36.8. The summed E-state index contributed by atoms with van der Waals surface area (Å²) in [6, 6.07) is 15.2. The standard InChI is InChI=1S/C21H21N3O6S/c1-29-16-6-3-5-15(11-16)13-22-19(25)14-24-21(26)10-9-20(23-24)31(27,28)18-8-4-7-17(12-18)30-2/h3-12H,13-14H2,1-2H3,(H,22,25). The van der Waals surface area contributed by atoms with Crippen LogP contribution in [0.2, 0.25) is 0 Å². The van der Waals surface area contributed by atoms with Crippen LogP contribution in [0.3, 0.4) is 0 Å². The second-order valence-corrected chi connectivity index (χ2v) is 8.37. The zero-order valence-electron chi connectivity index (χ0n) is 16.9. The molecule has 0 saturated carbocycles. The Morgan fingerprint density at radius 3 is 2.39 bits per heavy atom. The third-order valence-electron chi connectivity index (χ3n) is 4.39. The first-order valence-corrected chi connectivity index (χ1v) is 10.7. The van der Waals surface area contributed by atoms with Crippen LogP contribution in [0, 0.1) is 0 Å². The summed E-state index contributed by atoms with van der Waals surface area (Å²) in [6.45, 7) is -0.211. The number of rotatable bonds is 8. The number of ether oxygens (including phenoxy) is 2. The Hall–Kier alpha value is -3.66. The van der Waals surface area contributed by atoms with Crippen LogP contribution in [0.1, 0.15) is 5.56 Å². The van der Waals surface area contributed by atoms with Crippen LogP contribution >= 0.6 is 0 Å². The first-order valence-electron chi connectivity index (χ1n) is 9.20. The molecular formula is C21H21N3O6S. The van der Waals surface area contributed by atoms with E-state index in [2.05, 4.69) is 10.4 Å². The predicted octanol–water partition coefficient (Wildman–Crippen LogP) is 1.41. The molecule has 0 unspecified atom stereocenters. The minimum Gasteiger partial charge on any atom is -0.497 e. The molecular weight excluding hydrogens is 422 g/mol. The van der Waals surface area contributed by atoms with E-state index in [-0.39, 0.29) is 16.5 Å². The average Bonchev–Trinajstić information content (AvgIpc) is 2.79. The van der Waals surface area contributed by atoms with Crippen LogP contribution in [0.15, 0.2) is 75.4 Å². The fourth-order valence-electron chi connectivity index (χ4n) is 2.75. The molecule has 0 aliphatic carbocycles. The lowest BCUT2D eigenvalue weighted by Gasteiger charge is -2.10. The van der Waals surface area contributed by atoms with E-state index in [4.69, 9.17) is 9.47 Å². The normalized spacial score (nSPS) is 11.0. The molecule has 162 valence electrons. The largest absolute Gasteiger partial charge is 0.497 e. The minimum atomic E-state index is -4.01. The molecule has 1 amide bonds. The van der Waals surface area contributed by atoms with Gasteiger partial charge in [-0.05, 0) is 42.0 Å². The highest BCUT2D eigenvalue weighted by Gasteiger charge is 2.21. The lowest BCUT2D eigenvalue weighted by Crippen LogP contribution is -2.33. The van der Waals surface area contributed by atoms with E-state index in [1.807, 2.05) is 6.07 Å². The van der Waals surface area contributed by atoms with Gasteiger partial charge in [-0.1, -0.05) is 18.2 Å². The van der Waals surface area contributed by atoms with Crippen LogP contribution in [-0.4, -0.2) is 38.3 Å². The highest BCUT2D eigenvalue weighted by Crippen LogP contribution is 2.22. The number of nitrogens with zero attached hydrogens (tertiary/aromatic N) is 2. The van der Waals surface area contributed by atoms with Crippen LogP contribution in [-0.2, 0) is 27.7 Å². The molecule has 9 nitrogen and oxygen atoms in total. The van der Waals surface area contributed by atoms with Crippen molar-refractivity contribution in [1.29, 1.82) is 0 Å². The molecule has 0 bridgehead atoms. The summed E-state index contributed by atoms with van der Waals surface area (Å²) in [5, 5.41) is 6.22. The van der Waals surface area contributed by atoms with E-state index in [0.717, 1.165) is 22.4 Å². The van der Waals surface area contributed by atoms with E-state index in [1.54, 1.807) is 31.4 Å². The monoisotopic (exact) mass is 443 g/mol. The first kappa shape index (κ1) is 22.0. The first-order chi connectivity index (χ1) is 14.8. The number of carbonyl (C=O) groups excluding carboxylic acids is 1. The number of nitrogens with one attached hydrogen (secondary N) is 1. The van der Waals surface area contributed by atoms with Gasteiger partial charge in [-0.3, -0.25) is 9.59 Å². The molecule has 1 heterocycles. The maximum atomic E-state index is 12.9. The quantitative estimate of drug-likeness (QED) is 0.559. The van der Waals surface area contributed by atoms with E-state index < -0.39 is 27.8 Å².